The zero-order valence-electron chi connectivity index (χ0n) is 10.7. The Kier molecular flexibility index (Phi) is 4.03. The summed E-state index contributed by atoms with van der Waals surface area (Å²) in [6.07, 6.45) is -4.29. The molecule has 0 aliphatic rings. The minimum absolute atomic E-state index is 0.0280. The van der Waals surface area contributed by atoms with Gasteiger partial charge in [-0.1, -0.05) is 17.8 Å². The molecule has 0 saturated heterocycles. The molecule has 1 aromatic carbocycles. The van der Waals surface area contributed by atoms with E-state index in [1.807, 2.05) is 0 Å². The number of hydrogen-bond donors (Lipinski definition) is 0. The smallest absolute Gasteiger partial charge is 0.214 e. The molecule has 0 aliphatic carbocycles. The summed E-state index contributed by atoms with van der Waals surface area (Å²) < 4.78 is 51.4. The second-order valence-corrected chi connectivity index (χ2v) is 5.15. The van der Waals surface area contributed by atoms with E-state index in [-0.39, 0.29) is 10.8 Å². The highest BCUT2D eigenvalue weighted by Crippen LogP contribution is 2.26. The number of rotatable bonds is 3. The summed E-state index contributed by atoms with van der Waals surface area (Å²) in [7, 11) is 0. The molecule has 3 nitrogen and oxygen atoms in total. The Bertz CT molecular complexity index is 622. The zero-order chi connectivity index (χ0) is 14.9. The molecule has 2 rings (SSSR count). The second-order valence-electron chi connectivity index (χ2n) is 4.21. The van der Waals surface area contributed by atoms with Gasteiger partial charge in [0.15, 0.2) is 0 Å². The lowest BCUT2D eigenvalue weighted by molar-refractivity contribution is -0.105. The molecule has 0 atom stereocenters. The molecule has 0 radical (unpaired) electrons. The molecule has 0 N–H and O–H groups in total. The topological polar surface area (TPSA) is 30.7 Å². The van der Waals surface area contributed by atoms with Crippen molar-refractivity contribution >= 4 is 11.8 Å². The number of benzene rings is 1. The number of nitrogens with zero attached hydrogens (tertiary/aromatic N) is 3. The first kappa shape index (κ1) is 14.8. The van der Waals surface area contributed by atoms with E-state index in [1.165, 1.54) is 16.8 Å². The molecule has 8 heteroatoms. The molecule has 0 spiro atoms. The van der Waals surface area contributed by atoms with Gasteiger partial charge in [-0.2, -0.15) is 13.2 Å². The van der Waals surface area contributed by atoms with Gasteiger partial charge < -0.3 is 0 Å². The molecule has 0 bridgehead atoms. The number of hydrogen-bond acceptors (Lipinski definition) is 3. The number of alkyl halides is 3. The van der Waals surface area contributed by atoms with Gasteiger partial charge in [-0.25, -0.2) is 14.1 Å². The SMILES string of the molecule is Cc1ccc(-n2nc(SCC(F)(F)F)nc2C)c(F)c1. The first-order valence-corrected chi connectivity index (χ1v) is 6.64. The van der Waals surface area contributed by atoms with Crippen molar-refractivity contribution in [2.45, 2.75) is 25.2 Å². The second kappa shape index (κ2) is 5.43. The van der Waals surface area contributed by atoms with Gasteiger partial charge in [-0.15, -0.1) is 5.10 Å². The third-order valence-electron chi connectivity index (χ3n) is 2.45. The van der Waals surface area contributed by atoms with Gasteiger partial charge in [0.05, 0.1) is 5.75 Å². The van der Waals surface area contributed by atoms with Crippen molar-refractivity contribution in [3.05, 3.63) is 35.4 Å². The summed E-state index contributed by atoms with van der Waals surface area (Å²) >= 11 is 0.476. The van der Waals surface area contributed by atoms with Crippen molar-refractivity contribution < 1.29 is 17.6 Å². The van der Waals surface area contributed by atoms with E-state index in [1.54, 1.807) is 19.9 Å². The fraction of sp³-hybridized carbons (Fsp3) is 0.333. The molecule has 1 heterocycles. The average molecular weight is 305 g/mol. The van der Waals surface area contributed by atoms with E-state index >= 15 is 0 Å². The van der Waals surface area contributed by atoms with Crippen LogP contribution in [-0.4, -0.2) is 26.7 Å². The van der Waals surface area contributed by atoms with Gasteiger partial charge in [0, 0.05) is 0 Å². The fourth-order valence-corrected chi connectivity index (χ4v) is 2.21. The predicted molar refractivity (Wildman–Crippen MR) is 67.6 cm³/mol. The number of aryl methyl sites for hydroxylation is 2. The monoisotopic (exact) mass is 305 g/mol. The lowest BCUT2D eigenvalue weighted by atomic mass is 10.2. The van der Waals surface area contributed by atoms with Crippen LogP contribution in [0.5, 0.6) is 0 Å². The standard InChI is InChI=1S/C12H11F4N3S/c1-7-3-4-10(9(13)5-7)19-8(2)17-11(18-19)20-6-12(14,15)16/h3-5H,6H2,1-2H3. The lowest BCUT2D eigenvalue weighted by Gasteiger charge is -2.05. The van der Waals surface area contributed by atoms with E-state index < -0.39 is 17.7 Å². The van der Waals surface area contributed by atoms with E-state index in [0.717, 1.165) is 5.56 Å². The molecule has 0 fully saturated rings. The lowest BCUT2D eigenvalue weighted by Crippen LogP contribution is -2.10. The van der Waals surface area contributed by atoms with Gasteiger partial charge in [-0.05, 0) is 31.5 Å². The zero-order valence-corrected chi connectivity index (χ0v) is 11.5. The average Bonchev–Trinajstić information content (AvgIpc) is 2.67. The maximum absolute atomic E-state index is 13.8. The van der Waals surface area contributed by atoms with Crippen LogP contribution < -0.4 is 0 Å². The molecule has 108 valence electrons. The van der Waals surface area contributed by atoms with E-state index in [0.29, 0.717) is 17.6 Å². The van der Waals surface area contributed by atoms with Crippen LogP contribution in [0.3, 0.4) is 0 Å². The van der Waals surface area contributed by atoms with Gasteiger partial charge in [0.25, 0.3) is 0 Å². The highest BCUT2D eigenvalue weighted by atomic mass is 32.2. The molecule has 0 aliphatic heterocycles. The Morgan fingerprint density at radius 1 is 1.25 bits per heavy atom. The summed E-state index contributed by atoms with van der Waals surface area (Å²) in [6, 6.07) is 4.55. The summed E-state index contributed by atoms with van der Waals surface area (Å²) in [5.41, 5.74) is 0.912. The van der Waals surface area contributed by atoms with E-state index in [2.05, 4.69) is 10.1 Å². The third-order valence-corrected chi connectivity index (χ3v) is 3.35. The predicted octanol–water partition coefficient (Wildman–Crippen LogP) is 3.68. The van der Waals surface area contributed by atoms with Crippen molar-refractivity contribution in [1.82, 2.24) is 14.8 Å². The molecule has 2 aromatic rings. The summed E-state index contributed by atoms with van der Waals surface area (Å²) in [4.78, 5) is 3.90. The highest BCUT2D eigenvalue weighted by Gasteiger charge is 2.28. The van der Waals surface area contributed by atoms with Crippen LogP contribution in [0.2, 0.25) is 0 Å². The Hall–Kier alpha value is -1.57. The van der Waals surface area contributed by atoms with Gasteiger partial charge in [0.2, 0.25) is 5.16 Å². The molecule has 0 saturated carbocycles. The third kappa shape index (κ3) is 3.50. The summed E-state index contributed by atoms with van der Waals surface area (Å²) in [5, 5.41) is 3.87. The van der Waals surface area contributed by atoms with Crippen LogP contribution >= 0.6 is 11.8 Å². The molecular formula is C12H11F4N3S. The molecule has 20 heavy (non-hydrogen) atoms. The summed E-state index contributed by atoms with van der Waals surface area (Å²) in [5.74, 6) is -1.24. The van der Waals surface area contributed by atoms with Crippen LogP contribution in [-0.2, 0) is 0 Å². The van der Waals surface area contributed by atoms with E-state index in [4.69, 9.17) is 0 Å². The van der Waals surface area contributed by atoms with Crippen molar-refractivity contribution in [1.29, 1.82) is 0 Å². The van der Waals surface area contributed by atoms with Crippen molar-refractivity contribution in [3.8, 4) is 5.69 Å². The molecule has 1 aromatic heterocycles. The van der Waals surface area contributed by atoms with Gasteiger partial charge in [-0.3, -0.25) is 0 Å². The van der Waals surface area contributed by atoms with Crippen molar-refractivity contribution in [3.63, 3.8) is 0 Å². The number of aromatic nitrogens is 3. The normalized spacial score (nSPS) is 11.9. The Balaban J connectivity index is 2.27. The quantitative estimate of drug-likeness (QED) is 0.640. The van der Waals surface area contributed by atoms with Crippen LogP contribution in [0.25, 0.3) is 5.69 Å². The minimum atomic E-state index is -4.29. The number of halogens is 4. The van der Waals surface area contributed by atoms with Crippen molar-refractivity contribution in [2.75, 3.05) is 5.75 Å². The van der Waals surface area contributed by atoms with Crippen LogP contribution in [0, 0.1) is 19.7 Å². The molecule has 0 amide bonds. The Morgan fingerprint density at radius 2 is 1.95 bits per heavy atom. The minimum Gasteiger partial charge on any atom is -0.214 e. The maximum Gasteiger partial charge on any atom is 0.398 e. The van der Waals surface area contributed by atoms with E-state index in [9.17, 15) is 17.6 Å². The van der Waals surface area contributed by atoms with Gasteiger partial charge >= 0.3 is 6.18 Å². The van der Waals surface area contributed by atoms with Crippen molar-refractivity contribution in [2.24, 2.45) is 0 Å². The fourth-order valence-electron chi connectivity index (χ4n) is 1.59. The van der Waals surface area contributed by atoms with Gasteiger partial charge in [0.1, 0.15) is 17.3 Å². The Morgan fingerprint density at radius 3 is 2.55 bits per heavy atom. The Labute approximate surface area is 117 Å². The first-order chi connectivity index (χ1) is 9.26. The van der Waals surface area contributed by atoms with Crippen LogP contribution in [0.15, 0.2) is 23.4 Å². The molecular weight excluding hydrogens is 294 g/mol. The largest absolute Gasteiger partial charge is 0.398 e. The molecule has 0 unspecified atom stereocenters. The van der Waals surface area contributed by atoms with Crippen LogP contribution in [0.1, 0.15) is 11.4 Å². The van der Waals surface area contributed by atoms with Crippen LogP contribution in [0.4, 0.5) is 17.6 Å². The highest BCUT2D eigenvalue weighted by molar-refractivity contribution is 7.99. The first-order valence-electron chi connectivity index (χ1n) is 5.66. The number of thioether (sulfide) groups is 1. The summed E-state index contributed by atoms with van der Waals surface area (Å²) in [6.45, 7) is 3.30. The maximum atomic E-state index is 13.8.